The van der Waals surface area contributed by atoms with Crippen LogP contribution in [0, 0.1) is 10.5 Å². The Balaban J connectivity index is 2.19. The molecule has 0 radical (unpaired) electrons. The summed E-state index contributed by atoms with van der Waals surface area (Å²) in [5.74, 6) is 0.704. The smallest absolute Gasteiger partial charge is 0.266 e. The Labute approximate surface area is 112 Å². The van der Waals surface area contributed by atoms with Gasteiger partial charge in [-0.25, -0.2) is 4.98 Å². The molecular formula is C10H12IN5O. The summed E-state index contributed by atoms with van der Waals surface area (Å²) in [5.41, 5.74) is 6.17. The molecule has 17 heavy (non-hydrogen) atoms. The Morgan fingerprint density at radius 1 is 1.41 bits per heavy atom. The number of halogens is 1. The van der Waals surface area contributed by atoms with Crippen molar-refractivity contribution in [1.29, 1.82) is 0 Å². The van der Waals surface area contributed by atoms with Gasteiger partial charge in [0.2, 0.25) is 0 Å². The van der Waals surface area contributed by atoms with E-state index in [1.807, 2.05) is 29.5 Å². The maximum atomic E-state index is 11.9. The Morgan fingerprint density at radius 2 is 2.18 bits per heavy atom. The number of hydrogen-bond acceptors (Lipinski definition) is 4. The van der Waals surface area contributed by atoms with E-state index in [1.54, 1.807) is 27.8 Å². The zero-order chi connectivity index (χ0) is 12.4. The third kappa shape index (κ3) is 2.65. The highest BCUT2D eigenvalue weighted by Gasteiger charge is 2.05. The number of aromatic nitrogens is 4. The average molecular weight is 345 g/mol. The van der Waals surface area contributed by atoms with Crippen molar-refractivity contribution in [2.75, 3.05) is 5.73 Å². The van der Waals surface area contributed by atoms with E-state index in [-0.39, 0.29) is 5.56 Å². The third-order valence-electron chi connectivity index (χ3n) is 2.41. The van der Waals surface area contributed by atoms with E-state index in [0.29, 0.717) is 28.2 Å². The van der Waals surface area contributed by atoms with Gasteiger partial charge in [-0.05, 0) is 29.5 Å². The van der Waals surface area contributed by atoms with Crippen LogP contribution in [-0.2, 0) is 13.1 Å². The predicted octanol–water partition coefficient (Wildman–Crippen LogP) is 0.635. The monoisotopic (exact) mass is 345 g/mol. The molecule has 0 aliphatic heterocycles. The van der Waals surface area contributed by atoms with E-state index in [9.17, 15) is 4.79 Å². The van der Waals surface area contributed by atoms with Crippen molar-refractivity contribution in [3.63, 3.8) is 0 Å². The Kier molecular flexibility index (Phi) is 3.46. The zero-order valence-electron chi connectivity index (χ0n) is 9.30. The molecular weight excluding hydrogens is 333 g/mol. The van der Waals surface area contributed by atoms with Crippen LogP contribution >= 0.6 is 22.6 Å². The molecule has 0 amide bonds. The second-order valence-electron chi connectivity index (χ2n) is 3.65. The molecule has 0 saturated heterocycles. The molecule has 2 N–H and O–H groups in total. The minimum Gasteiger partial charge on any atom is -0.396 e. The molecule has 2 aromatic heterocycles. The summed E-state index contributed by atoms with van der Waals surface area (Å²) in [4.78, 5) is 16.0. The van der Waals surface area contributed by atoms with Crippen LogP contribution in [0.5, 0.6) is 0 Å². The topological polar surface area (TPSA) is 78.7 Å². The first-order chi connectivity index (χ1) is 8.08. The lowest BCUT2D eigenvalue weighted by Crippen LogP contribution is -2.27. The van der Waals surface area contributed by atoms with Gasteiger partial charge < -0.3 is 5.73 Å². The fourth-order valence-electron chi connectivity index (χ4n) is 1.52. The molecule has 90 valence electrons. The molecule has 0 aliphatic carbocycles. The number of hydrogen-bond donors (Lipinski definition) is 1. The number of nitrogens with zero attached hydrogens (tertiary/aromatic N) is 4. The van der Waals surface area contributed by atoms with Gasteiger partial charge in [-0.3, -0.25) is 14.0 Å². The maximum Gasteiger partial charge on any atom is 0.266 e. The Hall–Kier alpha value is -1.38. The van der Waals surface area contributed by atoms with Crippen LogP contribution in [0.3, 0.4) is 0 Å². The molecule has 2 rings (SSSR count). The molecule has 0 atom stereocenters. The molecule has 2 heterocycles. The van der Waals surface area contributed by atoms with Gasteiger partial charge in [-0.2, -0.15) is 5.10 Å². The van der Waals surface area contributed by atoms with E-state index in [2.05, 4.69) is 10.1 Å². The second kappa shape index (κ2) is 4.86. The van der Waals surface area contributed by atoms with Gasteiger partial charge >= 0.3 is 0 Å². The summed E-state index contributed by atoms with van der Waals surface area (Å²) in [7, 11) is 0. The minimum absolute atomic E-state index is 0.0155. The highest BCUT2D eigenvalue weighted by atomic mass is 127. The molecule has 0 aliphatic rings. The molecule has 0 spiro atoms. The molecule has 0 saturated carbocycles. The van der Waals surface area contributed by atoms with Crippen molar-refractivity contribution >= 4 is 28.3 Å². The fourth-order valence-corrected chi connectivity index (χ4v) is 1.95. The summed E-state index contributed by atoms with van der Waals surface area (Å²) in [6, 6.07) is 0. The van der Waals surface area contributed by atoms with Crippen molar-refractivity contribution in [3.05, 3.63) is 38.3 Å². The first-order valence-electron chi connectivity index (χ1n) is 5.08. The first kappa shape index (κ1) is 12.1. The van der Waals surface area contributed by atoms with Crippen molar-refractivity contribution < 1.29 is 0 Å². The normalized spacial score (nSPS) is 10.7. The number of aryl methyl sites for hydroxylation is 2. The van der Waals surface area contributed by atoms with Crippen molar-refractivity contribution in [3.8, 4) is 0 Å². The zero-order valence-corrected chi connectivity index (χ0v) is 11.5. The number of anilines is 1. The van der Waals surface area contributed by atoms with Crippen LogP contribution in [0.2, 0.25) is 0 Å². The highest BCUT2D eigenvalue weighted by molar-refractivity contribution is 14.1. The molecule has 0 unspecified atom stereocenters. The molecule has 7 heteroatoms. The van der Waals surface area contributed by atoms with Crippen molar-refractivity contribution in [2.24, 2.45) is 0 Å². The standard InChI is InChI=1S/C10H12IN5O/c1-7-13-5-9(11)10(17)16(7)3-2-15-6-8(12)4-14-15/h4-6H,2-3,12H2,1H3. The summed E-state index contributed by atoms with van der Waals surface area (Å²) in [6.07, 6.45) is 4.91. The lowest BCUT2D eigenvalue weighted by molar-refractivity contribution is 0.508. The Morgan fingerprint density at radius 3 is 2.82 bits per heavy atom. The lowest BCUT2D eigenvalue weighted by atomic mass is 10.5. The fraction of sp³-hybridized carbons (Fsp3) is 0.300. The van der Waals surface area contributed by atoms with Crippen LogP contribution < -0.4 is 11.3 Å². The summed E-state index contributed by atoms with van der Waals surface area (Å²) in [5, 5.41) is 4.07. The van der Waals surface area contributed by atoms with Gasteiger partial charge in [-0.15, -0.1) is 0 Å². The quantitative estimate of drug-likeness (QED) is 0.828. The van der Waals surface area contributed by atoms with Gasteiger partial charge in [0.05, 0.1) is 22.0 Å². The molecule has 2 aromatic rings. The van der Waals surface area contributed by atoms with Gasteiger partial charge in [0.1, 0.15) is 5.82 Å². The summed E-state index contributed by atoms with van der Waals surface area (Å²) < 4.78 is 3.97. The van der Waals surface area contributed by atoms with E-state index in [1.165, 1.54) is 0 Å². The first-order valence-corrected chi connectivity index (χ1v) is 6.15. The average Bonchev–Trinajstić information content (AvgIpc) is 2.70. The summed E-state index contributed by atoms with van der Waals surface area (Å²) in [6.45, 7) is 2.95. The van der Waals surface area contributed by atoms with Crippen LogP contribution in [-0.4, -0.2) is 19.3 Å². The second-order valence-corrected chi connectivity index (χ2v) is 4.81. The van der Waals surface area contributed by atoms with E-state index in [0.717, 1.165) is 0 Å². The van der Waals surface area contributed by atoms with Gasteiger partial charge in [0, 0.05) is 18.9 Å². The van der Waals surface area contributed by atoms with Crippen molar-refractivity contribution in [2.45, 2.75) is 20.0 Å². The Bertz CT molecular complexity index is 589. The molecule has 0 aromatic carbocycles. The largest absolute Gasteiger partial charge is 0.396 e. The summed E-state index contributed by atoms with van der Waals surface area (Å²) >= 11 is 1.99. The van der Waals surface area contributed by atoms with E-state index >= 15 is 0 Å². The van der Waals surface area contributed by atoms with Crippen LogP contribution in [0.1, 0.15) is 5.82 Å². The van der Waals surface area contributed by atoms with Gasteiger partial charge in [-0.1, -0.05) is 0 Å². The van der Waals surface area contributed by atoms with Crippen LogP contribution in [0.4, 0.5) is 5.69 Å². The number of nitrogens with two attached hydrogens (primary N) is 1. The molecule has 0 bridgehead atoms. The molecule has 6 nitrogen and oxygen atoms in total. The maximum absolute atomic E-state index is 11.9. The SMILES string of the molecule is Cc1ncc(I)c(=O)n1CCn1cc(N)cn1. The third-order valence-corrected chi connectivity index (χ3v) is 3.15. The number of nitrogen functional groups attached to an aromatic ring is 1. The van der Waals surface area contributed by atoms with Crippen LogP contribution in [0.25, 0.3) is 0 Å². The van der Waals surface area contributed by atoms with Crippen molar-refractivity contribution in [1.82, 2.24) is 19.3 Å². The number of rotatable bonds is 3. The highest BCUT2D eigenvalue weighted by Crippen LogP contribution is 2.00. The minimum atomic E-state index is -0.0155. The lowest BCUT2D eigenvalue weighted by Gasteiger charge is -2.09. The van der Waals surface area contributed by atoms with Gasteiger partial charge in [0.15, 0.2) is 0 Å². The van der Waals surface area contributed by atoms with E-state index < -0.39 is 0 Å². The van der Waals surface area contributed by atoms with Crippen LogP contribution in [0.15, 0.2) is 23.4 Å². The predicted molar refractivity (Wildman–Crippen MR) is 72.6 cm³/mol. The van der Waals surface area contributed by atoms with E-state index in [4.69, 9.17) is 5.73 Å². The van der Waals surface area contributed by atoms with Gasteiger partial charge in [0.25, 0.3) is 5.56 Å². The molecule has 0 fully saturated rings.